The van der Waals surface area contributed by atoms with Crippen molar-refractivity contribution in [2.45, 2.75) is 59.1 Å². The second-order valence-electron chi connectivity index (χ2n) is 7.77. The number of nitrogens with zero attached hydrogens (tertiary/aromatic N) is 2. The number of aliphatic imine (C=N–C) groups is 1. The van der Waals surface area contributed by atoms with Crippen molar-refractivity contribution in [3.05, 3.63) is 53.7 Å². The fourth-order valence-electron chi connectivity index (χ4n) is 2.58. The van der Waals surface area contributed by atoms with Crippen molar-refractivity contribution >= 4 is 29.9 Å². The maximum atomic E-state index is 5.91. The standard InChI is InChI=1S/C22H34N4O2.HI/c1-6-23-21(26-16-20-25-15-19(28-20)22(3,4)5)24-13-10-14-27-17(2)18-11-8-7-9-12-18;/h7-9,11-12,15,17H,6,10,13-14,16H2,1-5H3,(H2,23,24,26);1H. The summed E-state index contributed by atoms with van der Waals surface area (Å²) < 4.78 is 11.7. The van der Waals surface area contributed by atoms with Crippen LogP contribution in [0.3, 0.4) is 0 Å². The van der Waals surface area contributed by atoms with E-state index in [1.54, 1.807) is 6.20 Å². The molecule has 0 bridgehead atoms. The number of rotatable bonds is 9. The van der Waals surface area contributed by atoms with Crippen molar-refractivity contribution in [2.24, 2.45) is 4.99 Å². The predicted molar refractivity (Wildman–Crippen MR) is 129 cm³/mol. The van der Waals surface area contributed by atoms with E-state index in [2.05, 4.69) is 60.4 Å². The third kappa shape index (κ3) is 9.16. The lowest BCUT2D eigenvalue weighted by Crippen LogP contribution is -2.38. The number of hydrogen-bond donors (Lipinski definition) is 2. The number of oxazole rings is 1. The molecule has 0 aliphatic rings. The molecule has 162 valence electrons. The number of guanidine groups is 1. The Morgan fingerprint density at radius 2 is 1.93 bits per heavy atom. The molecule has 0 saturated carbocycles. The van der Waals surface area contributed by atoms with Gasteiger partial charge in [0.15, 0.2) is 5.96 Å². The number of benzene rings is 1. The summed E-state index contributed by atoms with van der Waals surface area (Å²) in [5.74, 6) is 2.26. The Hall–Kier alpha value is -1.61. The minimum Gasteiger partial charge on any atom is -0.443 e. The van der Waals surface area contributed by atoms with Gasteiger partial charge in [0.05, 0.1) is 12.3 Å². The largest absolute Gasteiger partial charge is 0.443 e. The van der Waals surface area contributed by atoms with Crippen molar-refractivity contribution in [3.8, 4) is 0 Å². The van der Waals surface area contributed by atoms with E-state index in [1.165, 1.54) is 5.56 Å². The van der Waals surface area contributed by atoms with Gasteiger partial charge in [-0.05, 0) is 25.8 Å². The van der Waals surface area contributed by atoms with Crippen LogP contribution in [0.5, 0.6) is 0 Å². The van der Waals surface area contributed by atoms with E-state index in [0.717, 1.165) is 31.2 Å². The van der Waals surface area contributed by atoms with E-state index < -0.39 is 0 Å². The minimum absolute atomic E-state index is 0. The molecular formula is C22H35IN4O2. The van der Waals surface area contributed by atoms with Crippen molar-refractivity contribution < 1.29 is 9.15 Å². The molecule has 2 aromatic rings. The smallest absolute Gasteiger partial charge is 0.216 e. The number of hydrogen-bond acceptors (Lipinski definition) is 4. The molecule has 6 nitrogen and oxygen atoms in total. The van der Waals surface area contributed by atoms with Crippen LogP contribution < -0.4 is 10.6 Å². The molecule has 1 aromatic carbocycles. The van der Waals surface area contributed by atoms with Gasteiger partial charge in [0.1, 0.15) is 12.3 Å². The molecule has 0 fully saturated rings. The highest BCUT2D eigenvalue weighted by molar-refractivity contribution is 14.0. The van der Waals surface area contributed by atoms with E-state index in [0.29, 0.717) is 19.0 Å². The summed E-state index contributed by atoms with van der Waals surface area (Å²) in [6, 6.07) is 10.3. The van der Waals surface area contributed by atoms with E-state index >= 15 is 0 Å². The van der Waals surface area contributed by atoms with Gasteiger partial charge in [0.2, 0.25) is 5.89 Å². The van der Waals surface area contributed by atoms with Crippen LogP contribution in [0.15, 0.2) is 45.9 Å². The number of ether oxygens (including phenoxy) is 1. The van der Waals surface area contributed by atoms with Crippen LogP contribution in [-0.2, 0) is 16.7 Å². The Kier molecular flexibility index (Phi) is 11.3. The van der Waals surface area contributed by atoms with Gasteiger partial charge in [-0.25, -0.2) is 9.98 Å². The van der Waals surface area contributed by atoms with Crippen LogP contribution in [0.2, 0.25) is 0 Å². The quantitative estimate of drug-likeness (QED) is 0.218. The Balaban J connectivity index is 0.00000420. The zero-order valence-electron chi connectivity index (χ0n) is 18.2. The van der Waals surface area contributed by atoms with Crippen LogP contribution in [0.4, 0.5) is 0 Å². The Morgan fingerprint density at radius 3 is 2.55 bits per heavy atom. The third-order valence-corrected chi connectivity index (χ3v) is 4.26. The monoisotopic (exact) mass is 514 g/mol. The second-order valence-corrected chi connectivity index (χ2v) is 7.77. The van der Waals surface area contributed by atoms with Gasteiger partial charge in [-0.15, -0.1) is 24.0 Å². The summed E-state index contributed by atoms with van der Waals surface area (Å²) in [7, 11) is 0. The van der Waals surface area contributed by atoms with Crippen molar-refractivity contribution in [1.82, 2.24) is 15.6 Å². The van der Waals surface area contributed by atoms with Gasteiger partial charge >= 0.3 is 0 Å². The molecule has 2 N–H and O–H groups in total. The van der Waals surface area contributed by atoms with E-state index in [1.807, 2.05) is 25.1 Å². The summed E-state index contributed by atoms with van der Waals surface area (Å²) in [5, 5.41) is 6.57. The molecule has 1 heterocycles. The maximum Gasteiger partial charge on any atom is 0.216 e. The number of halogens is 1. The molecule has 1 aromatic heterocycles. The molecule has 0 aliphatic carbocycles. The molecular weight excluding hydrogens is 479 g/mol. The molecule has 0 saturated heterocycles. The van der Waals surface area contributed by atoms with Crippen LogP contribution in [0, 0.1) is 0 Å². The summed E-state index contributed by atoms with van der Waals surface area (Å²) in [5.41, 5.74) is 1.15. The first-order chi connectivity index (χ1) is 13.4. The predicted octanol–water partition coefficient (Wildman–Crippen LogP) is 4.81. The molecule has 29 heavy (non-hydrogen) atoms. The molecule has 2 rings (SSSR count). The summed E-state index contributed by atoms with van der Waals surface area (Å²) >= 11 is 0. The third-order valence-electron chi connectivity index (χ3n) is 4.26. The summed E-state index contributed by atoms with van der Waals surface area (Å²) in [6.07, 6.45) is 2.79. The van der Waals surface area contributed by atoms with Gasteiger partial charge < -0.3 is 19.8 Å². The average molecular weight is 514 g/mol. The van der Waals surface area contributed by atoms with Gasteiger partial charge in [-0.1, -0.05) is 51.1 Å². The molecule has 1 unspecified atom stereocenters. The van der Waals surface area contributed by atoms with Crippen molar-refractivity contribution in [1.29, 1.82) is 0 Å². The Bertz CT molecular complexity index is 726. The first-order valence-electron chi connectivity index (χ1n) is 10.0. The van der Waals surface area contributed by atoms with Crippen LogP contribution >= 0.6 is 24.0 Å². The number of aromatic nitrogens is 1. The van der Waals surface area contributed by atoms with Crippen LogP contribution in [-0.4, -0.2) is 30.6 Å². The van der Waals surface area contributed by atoms with E-state index in [-0.39, 0.29) is 35.5 Å². The van der Waals surface area contributed by atoms with Gasteiger partial charge in [0.25, 0.3) is 0 Å². The fraction of sp³-hybridized carbons (Fsp3) is 0.545. The highest BCUT2D eigenvalue weighted by Crippen LogP contribution is 2.22. The first kappa shape index (κ1) is 25.4. The average Bonchev–Trinajstić information content (AvgIpc) is 3.16. The zero-order chi connectivity index (χ0) is 20.4. The summed E-state index contributed by atoms with van der Waals surface area (Å²) in [4.78, 5) is 8.88. The minimum atomic E-state index is -0.0470. The molecule has 0 aliphatic heterocycles. The molecule has 0 amide bonds. The normalized spacial score (nSPS) is 12.9. The van der Waals surface area contributed by atoms with Crippen molar-refractivity contribution in [3.63, 3.8) is 0 Å². The lowest BCUT2D eigenvalue weighted by Gasteiger charge is -2.14. The lowest BCUT2D eigenvalue weighted by molar-refractivity contribution is 0.0646. The van der Waals surface area contributed by atoms with Gasteiger partial charge in [-0.3, -0.25) is 0 Å². The topological polar surface area (TPSA) is 71.7 Å². The molecule has 0 radical (unpaired) electrons. The van der Waals surface area contributed by atoms with E-state index in [4.69, 9.17) is 9.15 Å². The SMILES string of the molecule is CCNC(=NCc1ncc(C(C)(C)C)o1)NCCCOC(C)c1ccccc1.I. The Labute approximate surface area is 191 Å². The van der Waals surface area contributed by atoms with E-state index in [9.17, 15) is 0 Å². The number of nitrogens with one attached hydrogen (secondary N) is 2. The van der Waals surface area contributed by atoms with Crippen LogP contribution in [0.25, 0.3) is 0 Å². The van der Waals surface area contributed by atoms with Gasteiger partial charge in [0, 0.05) is 25.1 Å². The lowest BCUT2D eigenvalue weighted by atomic mass is 9.94. The fourth-order valence-corrected chi connectivity index (χ4v) is 2.58. The van der Waals surface area contributed by atoms with Gasteiger partial charge in [-0.2, -0.15) is 0 Å². The highest BCUT2D eigenvalue weighted by atomic mass is 127. The molecule has 1 atom stereocenters. The van der Waals surface area contributed by atoms with Crippen LogP contribution in [0.1, 0.15) is 64.4 Å². The zero-order valence-corrected chi connectivity index (χ0v) is 20.5. The molecule has 7 heteroatoms. The maximum absolute atomic E-state index is 5.91. The second kappa shape index (κ2) is 12.8. The summed E-state index contributed by atoms with van der Waals surface area (Å²) in [6.45, 7) is 13.1. The van der Waals surface area contributed by atoms with Crippen molar-refractivity contribution in [2.75, 3.05) is 19.7 Å². The first-order valence-corrected chi connectivity index (χ1v) is 10.0. The molecule has 0 spiro atoms. The Morgan fingerprint density at radius 1 is 1.21 bits per heavy atom. The highest BCUT2D eigenvalue weighted by Gasteiger charge is 2.19.